The zero-order chi connectivity index (χ0) is 23.3. The van der Waals surface area contributed by atoms with Gasteiger partial charge in [0.2, 0.25) is 5.91 Å². The van der Waals surface area contributed by atoms with Crippen molar-refractivity contribution < 1.29 is 4.79 Å². The number of nitrogens with two attached hydrogens (primary N) is 1. The molecule has 5 rings (SSSR count). The van der Waals surface area contributed by atoms with E-state index in [0.717, 1.165) is 74.5 Å². The van der Waals surface area contributed by atoms with Gasteiger partial charge < -0.3 is 15.5 Å². The highest BCUT2D eigenvalue weighted by atomic mass is 16.2. The number of fused-ring (bicyclic) bond motifs is 1. The second-order valence-electron chi connectivity index (χ2n) is 10.5. The second kappa shape index (κ2) is 8.85. The number of likely N-dealkylation sites (tertiary alicyclic amines) is 1. The minimum atomic E-state index is -0.124. The van der Waals surface area contributed by atoms with Gasteiger partial charge in [-0.3, -0.25) is 10.2 Å². The lowest BCUT2D eigenvalue weighted by Crippen LogP contribution is -2.49. The summed E-state index contributed by atoms with van der Waals surface area (Å²) < 4.78 is 1.87. The Morgan fingerprint density at radius 3 is 2.76 bits per heavy atom. The smallest absolute Gasteiger partial charge is 0.241 e. The highest BCUT2D eigenvalue weighted by Gasteiger charge is 2.41. The Morgan fingerprint density at radius 1 is 1.24 bits per heavy atom. The third-order valence-corrected chi connectivity index (χ3v) is 7.68. The number of aromatic nitrogens is 3. The predicted octanol–water partition coefficient (Wildman–Crippen LogP) is 1.86. The Hall–Kier alpha value is -2.23. The van der Waals surface area contributed by atoms with Gasteiger partial charge in [-0.2, -0.15) is 5.10 Å². The fourth-order valence-electron chi connectivity index (χ4n) is 5.67. The van der Waals surface area contributed by atoms with Crippen molar-refractivity contribution in [2.24, 2.45) is 11.7 Å². The van der Waals surface area contributed by atoms with Crippen LogP contribution in [0.1, 0.15) is 63.3 Å². The number of amides is 1. The van der Waals surface area contributed by atoms with Gasteiger partial charge in [0.05, 0.1) is 11.7 Å². The van der Waals surface area contributed by atoms with Crippen LogP contribution < -0.4 is 16.1 Å². The standard InChI is InChI=1S/C24H38N8O/c1-15(2)18-11-21(29(4)27-18)24(33)31-9-6-5-7-20(31)19-12-22-26-23(16(3)13-32(22)28-19)30-10-8-17(25)14-30/h12-13,15,17-18,20-21,27H,5-11,14,25H2,1-4H3/t17-,18?,20-,21?/m0/s1. The van der Waals surface area contributed by atoms with Crippen molar-refractivity contribution in [2.45, 2.75) is 77.0 Å². The first kappa shape index (κ1) is 22.6. The summed E-state index contributed by atoms with van der Waals surface area (Å²) in [4.78, 5) is 23.0. The molecule has 33 heavy (non-hydrogen) atoms. The maximum atomic E-state index is 13.7. The molecule has 3 N–H and O–H groups in total. The van der Waals surface area contributed by atoms with E-state index >= 15 is 0 Å². The van der Waals surface area contributed by atoms with Gasteiger partial charge in [-0.25, -0.2) is 14.5 Å². The zero-order valence-corrected chi connectivity index (χ0v) is 20.4. The van der Waals surface area contributed by atoms with Crippen LogP contribution in [0.15, 0.2) is 12.3 Å². The van der Waals surface area contributed by atoms with Gasteiger partial charge in [-0.1, -0.05) is 13.8 Å². The minimum Gasteiger partial charge on any atom is -0.355 e. The van der Waals surface area contributed by atoms with Gasteiger partial charge in [0.1, 0.15) is 11.9 Å². The van der Waals surface area contributed by atoms with Crippen LogP contribution >= 0.6 is 0 Å². The van der Waals surface area contributed by atoms with E-state index < -0.39 is 0 Å². The molecule has 1 amide bonds. The highest BCUT2D eigenvalue weighted by molar-refractivity contribution is 5.82. The molecule has 3 saturated heterocycles. The van der Waals surface area contributed by atoms with Crippen LogP contribution in [0.4, 0.5) is 5.82 Å². The Kier molecular flexibility index (Phi) is 6.05. The molecule has 2 aromatic rings. The molecule has 0 aliphatic carbocycles. The number of hydrogen-bond donors (Lipinski definition) is 2. The Bertz CT molecular complexity index is 1020. The van der Waals surface area contributed by atoms with E-state index in [2.05, 4.69) is 48.3 Å². The predicted molar refractivity (Wildman–Crippen MR) is 129 cm³/mol. The summed E-state index contributed by atoms with van der Waals surface area (Å²) in [5.74, 6) is 1.71. The quantitative estimate of drug-likeness (QED) is 0.728. The van der Waals surface area contributed by atoms with Crippen molar-refractivity contribution in [1.82, 2.24) is 29.9 Å². The monoisotopic (exact) mass is 454 g/mol. The molecular formula is C24H38N8O. The molecule has 3 fully saturated rings. The van der Waals surface area contributed by atoms with Gasteiger partial charge in [0, 0.05) is 56.6 Å². The number of nitrogens with zero attached hydrogens (tertiary/aromatic N) is 6. The highest BCUT2D eigenvalue weighted by Crippen LogP contribution is 2.33. The molecule has 180 valence electrons. The molecule has 3 aliphatic heterocycles. The molecule has 0 saturated carbocycles. The van der Waals surface area contributed by atoms with Gasteiger partial charge in [0.25, 0.3) is 0 Å². The molecule has 0 radical (unpaired) electrons. The number of likely N-dealkylation sites (N-methyl/N-ethyl adjacent to an activating group) is 1. The molecule has 0 bridgehead atoms. The molecular weight excluding hydrogens is 416 g/mol. The fourth-order valence-corrected chi connectivity index (χ4v) is 5.67. The Labute approximate surface area is 196 Å². The van der Waals surface area contributed by atoms with E-state index in [1.807, 2.05) is 16.6 Å². The zero-order valence-electron chi connectivity index (χ0n) is 20.4. The van der Waals surface area contributed by atoms with Crippen molar-refractivity contribution in [1.29, 1.82) is 0 Å². The summed E-state index contributed by atoms with van der Waals surface area (Å²) in [7, 11) is 1.99. The first-order valence-electron chi connectivity index (χ1n) is 12.5. The number of piperidine rings is 1. The van der Waals surface area contributed by atoms with E-state index in [-0.39, 0.29) is 24.0 Å². The van der Waals surface area contributed by atoms with Crippen LogP contribution in [-0.2, 0) is 4.79 Å². The summed E-state index contributed by atoms with van der Waals surface area (Å²) in [6.07, 6.45) is 7.01. The van der Waals surface area contributed by atoms with Crippen LogP contribution in [0.25, 0.3) is 5.65 Å². The van der Waals surface area contributed by atoms with E-state index in [4.69, 9.17) is 15.8 Å². The SMILES string of the molecule is Cc1cn2nc([C@@H]3CCCCN3C(=O)C3CC(C(C)C)NN3C)cc2nc1N1CC[C@H](N)C1. The topological polar surface area (TPSA) is 95.0 Å². The van der Waals surface area contributed by atoms with Crippen LogP contribution in [0.2, 0.25) is 0 Å². The van der Waals surface area contributed by atoms with E-state index in [0.29, 0.717) is 12.0 Å². The van der Waals surface area contributed by atoms with E-state index in [1.165, 1.54) is 0 Å². The van der Waals surface area contributed by atoms with Gasteiger partial charge in [0.15, 0.2) is 5.65 Å². The Balaban J connectivity index is 1.41. The fraction of sp³-hybridized carbons (Fsp3) is 0.708. The third kappa shape index (κ3) is 4.22. The lowest BCUT2D eigenvalue weighted by molar-refractivity contribution is -0.140. The van der Waals surface area contributed by atoms with Gasteiger partial charge >= 0.3 is 0 Å². The number of hydrogen-bond acceptors (Lipinski definition) is 7. The first-order chi connectivity index (χ1) is 15.8. The number of rotatable bonds is 4. The number of carbonyl (C=O) groups excluding carboxylic acids is 1. The molecule has 2 aromatic heterocycles. The molecule has 9 heteroatoms. The molecule has 5 heterocycles. The van der Waals surface area contributed by atoms with Crippen LogP contribution in [0.3, 0.4) is 0 Å². The van der Waals surface area contributed by atoms with Crippen molar-refractivity contribution in [3.8, 4) is 0 Å². The van der Waals surface area contributed by atoms with Gasteiger partial charge in [-0.15, -0.1) is 0 Å². The third-order valence-electron chi connectivity index (χ3n) is 7.68. The number of aryl methyl sites for hydroxylation is 1. The van der Waals surface area contributed by atoms with Crippen molar-refractivity contribution in [2.75, 3.05) is 31.6 Å². The maximum absolute atomic E-state index is 13.7. The molecule has 0 spiro atoms. The minimum absolute atomic E-state index is 0.00316. The first-order valence-corrected chi connectivity index (χ1v) is 12.5. The molecule has 4 atom stereocenters. The van der Waals surface area contributed by atoms with Crippen molar-refractivity contribution >= 4 is 17.4 Å². The lowest BCUT2D eigenvalue weighted by Gasteiger charge is -2.37. The summed E-state index contributed by atoms with van der Waals surface area (Å²) in [6.45, 7) is 9.07. The lowest BCUT2D eigenvalue weighted by atomic mass is 9.95. The number of anilines is 1. The van der Waals surface area contributed by atoms with Crippen LogP contribution in [0, 0.1) is 12.8 Å². The van der Waals surface area contributed by atoms with Crippen molar-refractivity contribution in [3.05, 3.63) is 23.5 Å². The molecule has 9 nitrogen and oxygen atoms in total. The average Bonchev–Trinajstić information content (AvgIpc) is 3.50. The number of carbonyl (C=O) groups is 1. The normalized spacial score (nSPS) is 29.0. The summed E-state index contributed by atoms with van der Waals surface area (Å²) >= 11 is 0. The second-order valence-corrected chi connectivity index (χ2v) is 10.5. The van der Waals surface area contributed by atoms with E-state index in [9.17, 15) is 4.79 Å². The molecule has 3 aliphatic rings. The number of hydrazine groups is 1. The summed E-state index contributed by atoms with van der Waals surface area (Å²) in [5, 5.41) is 6.90. The largest absolute Gasteiger partial charge is 0.355 e. The summed E-state index contributed by atoms with van der Waals surface area (Å²) in [6, 6.07) is 2.50. The Morgan fingerprint density at radius 2 is 2.06 bits per heavy atom. The molecule has 0 aromatic carbocycles. The average molecular weight is 455 g/mol. The van der Waals surface area contributed by atoms with E-state index in [1.54, 1.807) is 0 Å². The molecule has 2 unspecified atom stereocenters. The summed E-state index contributed by atoms with van der Waals surface area (Å²) in [5.41, 5.74) is 12.5. The van der Waals surface area contributed by atoms with Crippen LogP contribution in [-0.4, -0.2) is 75.2 Å². The number of nitrogens with one attached hydrogen (secondary N) is 1. The van der Waals surface area contributed by atoms with Gasteiger partial charge in [-0.05, 0) is 44.9 Å². The van der Waals surface area contributed by atoms with Crippen LogP contribution in [0.5, 0.6) is 0 Å². The van der Waals surface area contributed by atoms with Crippen molar-refractivity contribution in [3.63, 3.8) is 0 Å². The maximum Gasteiger partial charge on any atom is 0.241 e.